The molecule has 4 unspecified atom stereocenters. The highest BCUT2D eigenvalue weighted by Gasteiger charge is 2.61. The summed E-state index contributed by atoms with van der Waals surface area (Å²) in [5.41, 5.74) is -0.376. The van der Waals surface area contributed by atoms with Crippen molar-refractivity contribution in [1.29, 1.82) is 0 Å². The molecule has 18 heavy (non-hydrogen) atoms. The number of rotatable bonds is 3. The van der Waals surface area contributed by atoms with Gasteiger partial charge in [-0.2, -0.15) is 0 Å². The Kier molecular flexibility index (Phi) is 2.76. The van der Waals surface area contributed by atoms with E-state index in [9.17, 15) is 4.79 Å². The molecule has 2 nitrogen and oxygen atoms in total. The molecule has 0 spiro atoms. The lowest BCUT2D eigenvalue weighted by Gasteiger charge is -2.37. The molecule has 3 saturated carbocycles. The molecule has 3 fully saturated rings. The van der Waals surface area contributed by atoms with E-state index < -0.39 is 0 Å². The molecule has 102 valence electrons. The monoisotopic (exact) mass is 250 g/mol. The molecule has 0 aliphatic heterocycles. The zero-order chi connectivity index (χ0) is 13.0. The maximum absolute atomic E-state index is 12.4. The molecule has 0 saturated heterocycles. The molecule has 2 heteroatoms. The van der Waals surface area contributed by atoms with Crippen LogP contribution in [0.2, 0.25) is 0 Å². The van der Waals surface area contributed by atoms with E-state index in [1.165, 1.54) is 25.7 Å². The van der Waals surface area contributed by atoms with Crippen LogP contribution in [0.1, 0.15) is 65.7 Å². The average Bonchev–Trinajstić information content (AvgIpc) is 2.99. The van der Waals surface area contributed by atoms with Gasteiger partial charge in [-0.05, 0) is 64.2 Å². The van der Waals surface area contributed by atoms with Gasteiger partial charge in [0.2, 0.25) is 0 Å². The van der Waals surface area contributed by atoms with E-state index in [-0.39, 0.29) is 17.0 Å². The van der Waals surface area contributed by atoms with Crippen molar-refractivity contribution in [1.82, 2.24) is 0 Å². The molecular formula is C16H26O2. The molecule has 3 rings (SSSR count). The molecule has 2 bridgehead atoms. The van der Waals surface area contributed by atoms with Crippen molar-refractivity contribution in [3.8, 4) is 0 Å². The lowest BCUT2D eigenvalue weighted by Crippen LogP contribution is -2.42. The van der Waals surface area contributed by atoms with Gasteiger partial charge >= 0.3 is 5.97 Å². The minimum atomic E-state index is -0.316. The Morgan fingerprint density at radius 2 is 2.11 bits per heavy atom. The van der Waals surface area contributed by atoms with Crippen LogP contribution in [0.25, 0.3) is 0 Å². The largest absolute Gasteiger partial charge is 0.458 e. The Balaban J connectivity index is 1.78. The van der Waals surface area contributed by atoms with Gasteiger partial charge in [0.1, 0.15) is 5.60 Å². The molecule has 0 N–H and O–H groups in total. The lowest BCUT2D eigenvalue weighted by molar-refractivity contribution is -0.175. The number of ether oxygens (including phenoxy) is 1. The van der Waals surface area contributed by atoms with E-state index in [1.807, 2.05) is 13.8 Å². The van der Waals surface area contributed by atoms with E-state index in [4.69, 9.17) is 4.74 Å². The van der Waals surface area contributed by atoms with Gasteiger partial charge in [-0.15, -0.1) is 0 Å². The number of hydrogen-bond acceptors (Lipinski definition) is 2. The van der Waals surface area contributed by atoms with E-state index in [1.54, 1.807) is 0 Å². The van der Waals surface area contributed by atoms with Gasteiger partial charge in [0.15, 0.2) is 0 Å². The molecule has 0 heterocycles. The van der Waals surface area contributed by atoms with Crippen molar-refractivity contribution in [2.75, 3.05) is 0 Å². The van der Waals surface area contributed by atoms with Crippen LogP contribution in [0.5, 0.6) is 0 Å². The third-order valence-electron chi connectivity index (χ3n) is 6.13. The summed E-state index contributed by atoms with van der Waals surface area (Å²) < 4.78 is 6.12. The summed E-state index contributed by atoms with van der Waals surface area (Å²) in [6, 6.07) is 0. The van der Waals surface area contributed by atoms with Gasteiger partial charge in [0.25, 0.3) is 0 Å². The molecule has 4 atom stereocenters. The first-order valence-electron chi connectivity index (χ1n) is 7.72. The number of fused-ring (bicyclic) bond motifs is 5. The normalized spacial score (nSPS) is 42.1. The Hall–Kier alpha value is -0.530. The second-order valence-corrected chi connectivity index (χ2v) is 7.40. The fraction of sp³-hybridized carbons (Fsp3) is 0.938. The minimum absolute atomic E-state index is 0.0400. The van der Waals surface area contributed by atoms with Gasteiger partial charge in [0.05, 0.1) is 5.41 Å². The quantitative estimate of drug-likeness (QED) is 0.709. The summed E-state index contributed by atoms with van der Waals surface area (Å²) in [6.07, 6.45) is 8.47. The number of esters is 1. The Bertz CT molecular complexity index is 360. The summed E-state index contributed by atoms with van der Waals surface area (Å²) in [7, 11) is 0. The van der Waals surface area contributed by atoms with Gasteiger partial charge in [-0.25, -0.2) is 0 Å². The fourth-order valence-corrected chi connectivity index (χ4v) is 4.62. The van der Waals surface area contributed by atoms with Crippen LogP contribution >= 0.6 is 0 Å². The van der Waals surface area contributed by atoms with Gasteiger partial charge in [-0.1, -0.05) is 13.3 Å². The van der Waals surface area contributed by atoms with Crippen molar-refractivity contribution in [3.63, 3.8) is 0 Å². The molecule has 3 aliphatic carbocycles. The smallest absolute Gasteiger partial charge is 0.312 e. The minimum Gasteiger partial charge on any atom is -0.458 e. The highest BCUT2D eigenvalue weighted by Crippen LogP contribution is 2.62. The zero-order valence-electron chi connectivity index (χ0n) is 12.0. The highest BCUT2D eigenvalue weighted by molar-refractivity contribution is 5.76. The predicted molar refractivity (Wildman–Crippen MR) is 71.1 cm³/mol. The Morgan fingerprint density at radius 1 is 1.33 bits per heavy atom. The zero-order valence-corrected chi connectivity index (χ0v) is 12.0. The van der Waals surface area contributed by atoms with Crippen LogP contribution in [-0.4, -0.2) is 11.6 Å². The van der Waals surface area contributed by atoms with Crippen LogP contribution < -0.4 is 0 Å². The van der Waals surface area contributed by atoms with Gasteiger partial charge in [0, 0.05) is 5.92 Å². The third kappa shape index (κ3) is 1.64. The van der Waals surface area contributed by atoms with Crippen molar-refractivity contribution >= 4 is 5.97 Å². The number of carbonyl (C=O) groups excluding carboxylic acids is 1. The molecule has 0 radical (unpaired) electrons. The summed E-state index contributed by atoms with van der Waals surface area (Å²) in [5, 5.41) is 0. The molecular weight excluding hydrogens is 224 g/mol. The van der Waals surface area contributed by atoms with Crippen molar-refractivity contribution in [2.24, 2.45) is 23.2 Å². The molecule has 0 amide bonds. The molecule has 3 aliphatic rings. The van der Waals surface area contributed by atoms with Crippen molar-refractivity contribution < 1.29 is 9.53 Å². The van der Waals surface area contributed by atoms with E-state index in [2.05, 4.69) is 6.92 Å². The van der Waals surface area contributed by atoms with E-state index in [0.29, 0.717) is 5.92 Å². The second-order valence-electron chi connectivity index (χ2n) is 7.40. The summed E-state index contributed by atoms with van der Waals surface area (Å²) >= 11 is 0. The van der Waals surface area contributed by atoms with Crippen LogP contribution in [-0.2, 0) is 9.53 Å². The third-order valence-corrected chi connectivity index (χ3v) is 6.13. The summed E-state index contributed by atoms with van der Waals surface area (Å²) in [5.74, 6) is 2.46. The summed E-state index contributed by atoms with van der Waals surface area (Å²) in [6.45, 7) is 6.10. The summed E-state index contributed by atoms with van der Waals surface area (Å²) in [4.78, 5) is 12.4. The predicted octanol–water partition coefficient (Wildman–Crippen LogP) is 3.93. The number of hydrogen-bond donors (Lipinski definition) is 0. The van der Waals surface area contributed by atoms with Crippen LogP contribution in [0.15, 0.2) is 0 Å². The number of carbonyl (C=O) groups is 1. The van der Waals surface area contributed by atoms with Gasteiger partial charge in [-0.3, -0.25) is 4.79 Å². The molecule has 0 aromatic rings. The second kappa shape index (κ2) is 3.98. The van der Waals surface area contributed by atoms with Crippen LogP contribution in [0, 0.1) is 23.2 Å². The lowest BCUT2D eigenvalue weighted by atomic mass is 9.79. The SMILES string of the molecule is CCC(C)(C)C(=O)OC12CCC(C1)C1CCCC12. The molecule has 0 aromatic carbocycles. The standard InChI is InChI=1S/C16H26O2/c1-4-15(2,3)14(17)18-16-9-8-11(10-16)12-6-5-7-13(12)16/h11-13H,4-10H2,1-3H3. The average molecular weight is 250 g/mol. The van der Waals surface area contributed by atoms with Crippen LogP contribution in [0.3, 0.4) is 0 Å². The Labute approximate surface area is 110 Å². The van der Waals surface area contributed by atoms with Gasteiger partial charge < -0.3 is 4.74 Å². The Morgan fingerprint density at radius 3 is 2.83 bits per heavy atom. The first-order valence-corrected chi connectivity index (χ1v) is 7.72. The fourth-order valence-electron chi connectivity index (χ4n) is 4.62. The topological polar surface area (TPSA) is 26.3 Å². The molecule has 0 aromatic heterocycles. The van der Waals surface area contributed by atoms with Crippen LogP contribution in [0.4, 0.5) is 0 Å². The van der Waals surface area contributed by atoms with E-state index in [0.717, 1.165) is 31.1 Å². The maximum atomic E-state index is 12.4. The van der Waals surface area contributed by atoms with Crippen molar-refractivity contribution in [3.05, 3.63) is 0 Å². The first-order chi connectivity index (χ1) is 8.48. The first kappa shape index (κ1) is 12.5. The van der Waals surface area contributed by atoms with E-state index >= 15 is 0 Å². The maximum Gasteiger partial charge on any atom is 0.312 e. The van der Waals surface area contributed by atoms with Crippen molar-refractivity contribution in [2.45, 2.75) is 71.3 Å². The highest BCUT2D eigenvalue weighted by atomic mass is 16.6.